The molecule has 3 aliphatic carbocycles. The average Bonchev–Trinajstić information content (AvgIpc) is 3.75. The molecule has 5 nitrogen and oxygen atoms in total. The maximum atomic E-state index is 14.3. The molecule has 2 aromatic carbocycles. The van der Waals surface area contributed by atoms with E-state index < -0.39 is 0 Å². The third kappa shape index (κ3) is 7.46. The summed E-state index contributed by atoms with van der Waals surface area (Å²) in [5, 5.41) is 1.27. The number of halogens is 1. The number of aromatic nitrogens is 1. The predicted octanol–water partition coefficient (Wildman–Crippen LogP) is 8.85. The molecule has 0 aliphatic heterocycles. The van der Waals surface area contributed by atoms with Gasteiger partial charge < -0.3 is 14.5 Å². The zero-order valence-corrected chi connectivity index (χ0v) is 27.9. The van der Waals surface area contributed by atoms with E-state index in [-0.39, 0.29) is 18.3 Å². The summed E-state index contributed by atoms with van der Waals surface area (Å²) in [5.41, 5.74) is 4.88. The summed E-state index contributed by atoms with van der Waals surface area (Å²) < 4.78 is 5.49. The van der Waals surface area contributed by atoms with Gasteiger partial charge in [0.05, 0.1) is 17.0 Å². The standard InChI is InChI=1S/C36H47N3O2S.ClH/c1-24-20-29(16-19-33(24)41-4)26-10-8-25(9-11-26)23-39(36(40)28-14-17-31(18-15-28)38(2)3)32-7-5-6-30(21-32)34-22-37-35(42-34)27-12-13-27;/h5-7,16,19-22,25-28,31H,8-15,17-18,23H2,1-4H3;1H. The van der Waals surface area contributed by atoms with Gasteiger partial charge >= 0.3 is 0 Å². The molecule has 0 bridgehead atoms. The number of ether oxygens (including phenoxy) is 1. The first-order valence-corrected chi connectivity index (χ1v) is 16.9. The highest BCUT2D eigenvalue weighted by atomic mass is 35.5. The first-order valence-electron chi connectivity index (χ1n) is 16.1. The van der Waals surface area contributed by atoms with E-state index in [2.05, 4.69) is 73.3 Å². The molecule has 0 saturated heterocycles. The van der Waals surface area contributed by atoms with Crippen molar-refractivity contribution in [3.63, 3.8) is 0 Å². The van der Waals surface area contributed by atoms with Crippen LogP contribution in [0.3, 0.4) is 0 Å². The molecular formula is C36H48ClN3O2S. The van der Waals surface area contributed by atoms with Crippen molar-refractivity contribution in [3.05, 3.63) is 64.8 Å². The fraction of sp³-hybridized carbons (Fsp3) is 0.556. The quantitative estimate of drug-likeness (QED) is 0.239. The Bertz CT molecular complexity index is 1370. The van der Waals surface area contributed by atoms with Gasteiger partial charge in [0.15, 0.2) is 0 Å². The predicted molar refractivity (Wildman–Crippen MR) is 181 cm³/mol. The number of aryl methyl sites for hydroxylation is 1. The Morgan fingerprint density at radius 2 is 1.65 bits per heavy atom. The summed E-state index contributed by atoms with van der Waals surface area (Å²) in [6, 6.07) is 16.0. The van der Waals surface area contributed by atoms with Crippen LogP contribution in [-0.4, -0.2) is 49.6 Å². The van der Waals surface area contributed by atoms with Gasteiger partial charge in [0.2, 0.25) is 5.91 Å². The van der Waals surface area contributed by atoms with Crippen LogP contribution < -0.4 is 9.64 Å². The first kappa shape index (κ1) is 32.0. The molecule has 3 fully saturated rings. The smallest absolute Gasteiger partial charge is 0.230 e. The fourth-order valence-corrected chi connectivity index (χ4v) is 8.32. The van der Waals surface area contributed by atoms with E-state index in [1.165, 1.54) is 52.3 Å². The van der Waals surface area contributed by atoms with Crippen molar-refractivity contribution in [1.82, 2.24) is 9.88 Å². The van der Waals surface area contributed by atoms with Crippen LogP contribution in [0, 0.1) is 18.8 Å². The highest BCUT2D eigenvalue weighted by Crippen LogP contribution is 2.44. The molecule has 43 heavy (non-hydrogen) atoms. The Morgan fingerprint density at radius 1 is 0.930 bits per heavy atom. The Kier molecular flexibility index (Phi) is 10.5. The summed E-state index contributed by atoms with van der Waals surface area (Å²) >= 11 is 1.83. The lowest BCUT2D eigenvalue weighted by Gasteiger charge is -2.37. The first-order chi connectivity index (χ1) is 20.4. The molecule has 1 heterocycles. The Balaban J connectivity index is 0.00000368. The summed E-state index contributed by atoms with van der Waals surface area (Å²) in [7, 11) is 6.08. The third-order valence-corrected chi connectivity index (χ3v) is 11.3. The van der Waals surface area contributed by atoms with E-state index in [0.29, 0.717) is 29.7 Å². The lowest BCUT2D eigenvalue weighted by Crippen LogP contribution is -2.43. The number of hydrogen-bond acceptors (Lipinski definition) is 5. The van der Waals surface area contributed by atoms with Crippen molar-refractivity contribution in [1.29, 1.82) is 0 Å². The molecule has 7 heteroatoms. The van der Waals surface area contributed by atoms with Crippen LogP contribution in [0.2, 0.25) is 0 Å². The van der Waals surface area contributed by atoms with Crippen molar-refractivity contribution in [2.24, 2.45) is 11.8 Å². The largest absolute Gasteiger partial charge is 0.496 e. The molecule has 232 valence electrons. The van der Waals surface area contributed by atoms with E-state index in [4.69, 9.17) is 9.72 Å². The molecular weight excluding hydrogens is 574 g/mol. The Morgan fingerprint density at radius 3 is 2.30 bits per heavy atom. The van der Waals surface area contributed by atoms with Crippen LogP contribution in [-0.2, 0) is 4.79 Å². The molecule has 3 aliphatic rings. The van der Waals surface area contributed by atoms with E-state index in [1.807, 2.05) is 17.5 Å². The number of anilines is 1. The number of rotatable bonds is 9. The molecule has 0 radical (unpaired) electrons. The average molecular weight is 622 g/mol. The van der Waals surface area contributed by atoms with Gasteiger partial charge in [0, 0.05) is 36.3 Å². The summed E-state index contributed by atoms with van der Waals surface area (Å²) in [5.74, 6) is 3.20. The second kappa shape index (κ2) is 14.1. The second-order valence-electron chi connectivity index (χ2n) is 13.3. The Hall–Kier alpha value is -2.41. The second-order valence-corrected chi connectivity index (χ2v) is 14.3. The fourth-order valence-electron chi connectivity index (χ4n) is 7.24. The minimum absolute atomic E-state index is 0. The van der Waals surface area contributed by atoms with Gasteiger partial charge in [-0.1, -0.05) is 24.3 Å². The van der Waals surface area contributed by atoms with Gasteiger partial charge in [0.25, 0.3) is 0 Å². The molecule has 0 spiro atoms. The van der Waals surface area contributed by atoms with Gasteiger partial charge in [-0.25, -0.2) is 4.98 Å². The van der Waals surface area contributed by atoms with Crippen LogP contribution >= 0.6 is 23.7 Å². The normalized spacial score (nSPS) is 23.9. The SMILES string of the molecule is COc1ccc(C2CCC(CN(C(=O)C3CCC(N(C)C)CC3)c3cccc(-c4cnc(C5CC5)s4)c3)CC2)cc1C.Cl. The molecule has 0 atom stereocenters. The number of benzene rings is 2. The van der Waals surface area contributed by atoms with E-state index in [1.54, 1.807) is 7.11 Å². The molecule has 3 aromatic rings. The summed E-state index contributed by atoms with van der Waals surface area (Å²) in [6.45, 7) is 2.96. The number of carbonyl (C=O) groups excluding carboxylic acids is 1. The van der Waals surface area contributed by atoms with Crippen molar-refractivity contribution in [2.75, 3.05) is 32.6 Å². The van der Waals surface area contributed by atoms with Crippen LogP contribution in [0.5, 0.6) is 5.75 Å². The molecule has 0 N–H and O–H groups in total. The minimum atomic E-state index is 0. The van der Waals surface area contributed by atoms with Crippen LogP contribution in [0.4, 0.5) is 5.69 Å². The molecule has 1 amide bonds. The van der Waals surface area contributed by atoms with Crippen molar-refractivity contribution in [2.45, 2.75) is 89.0 Å². The van der Waals surface area contributed by atoms with E-state index in [0.717, 1.165) is 56.5 Å². The summed E-state index contributed by atoms with van der Waals surface area (Å²) in [4.78, 5) is 24.7. The number of nitrogens with zero attached hydrogens (tertiary/aromatic N) is 3. The Labute approximate surface area is 268 Å². The third-order valence-electron chi connectivity index (χ3n) is 10.1. The molecule has 0 unspecified atom stereocenters. The van der Waals surface area contributed by atoms with E-state index in [9.17, 15) is 4.79 Å². The number of amides is 1. The van der Waals surface area contributed by atoms with Gasteiger partial charge in [0.1, 0.15) is 5.75 Å². The van der Waals surface area contributed by atoms with Crippen molar-refractivity contribution < 1.29 is 9.53 Å². The monoisotopic (exact) mass is 621 g/mol. The van der Waals surface area contributed by atoms with Crippen LogP contribution in [0.15, 0.2) is 48.7 Å². The van der Waals surface area contributed by atoms with Gasteiger partial charge in [-0.15, -0.1) is 23.7 Å². The minimum Gasteiger partial charge on any atom is -0.496 e. The van der Waals surface area contributed by atoms with Crippen molar-refractivity contribution >= 4 is 35.3 Å². The van der Waals surface area contributed by atoms with Crippen LogP contribution in [0.25, 0.3) is 10.4 Å². The zero-order chi connectivity index (χ0) is 29.2. The van der Waals surface area contributed by atoms with Gasteiger partial charge in [-0.05, 0) is 132 Å². The number of carbonyl (C=O) groups is 1. The van der Waals surface area contributed by atoms with E-state index >= 15 is 0 Å². The van der Waals surface area contributed by atoms with Crippen LogP contribution in [0.1, 0.15) is 92.2 Å². The molecule has 6 rings (SSSR count). The lowest BCUT2D eigenvalue weighted by atomic mass is 9.78. The molecule has 3 saturated carbocycles. The van der Waals surface area contributed by atoms with Gasteiger partial charge in [-0.3, -0.25) is 4.79 Å². The molecule has 1 aromatic heterocycles. The van der Waals surface area contributed by atoms with Crippen molar-refractivity contribution in [3.8, 4) is 16.2 Å². The number of hydrogen-bond donors (Lipinski definition) is 0. The van der Waals surface area contributed by atoms with Gasteiger partial charge in [-0.2, -0.15) is 0 Å². The lowest BCUT2D eigenvalue weighted by molar-refractivity contribution is -0.123. The maximum absolute atomic E-state index is 14.3. The summed E-state index contributed by atoms with van der Waals surface area (Å²) in [6.07, 6.45) is 13.4. The zero-order valence-electron chi connectivity index (χ0n) is 26.3. The highest BCUT2D eigenvalue weighted by molar-refractivity contribution is 7.15. The topological polar surface area (TPSA) is 45.7 Å². The number of thiazole rings is 1. The highest BCUT2D eigenvalue weighted by Gasteiger charge is 2.33. The maximum Gasteiger partial charge on any atom is 0.230 e. The number of methoxy groups -OCH3 is 1.